The molecule has 5 nitrogen and oxygen atoms in total. The molecule has 2 rings (SSSR count). The minimum atomic E-state index is 0. The van der Waals surface area contributed by atoms with Crippen LogP contribution in [0.25, 0.3) is 0 Å². The Morgan fingerprint density at radius 1 is 1.08 bits per heavy atom. The van der Waals surface area contributed by atoms with Crippen LogP contribution in [-0.2, 0) is 13.0 Å². The van der Waals surface area contributed by atoms with Crippen LogP contribution in [0.2, 0.25) is 0 Å². The molecular weight excluding hydrogens is 429 g/mol. The normalized spacial score (nSPS) is 10.7. The fourth-order valence-electron chi connectivity index (χ4n) is 2.28. The van der Waals surface area contributed by atoms with Crippen LogP contribution in [-0.4, -0.2) is 31.3 Å². The Morgan fingerprint density at radius 3 is 2.48 bits per heavy atom. The summed E-state index contributed by atoms with van der Waals surface area (Å²) in [4.78, 5) is 4.59. The van der Waals surface area contributed by atoms with Crippen molar-refractivity contribution < 1.29 is 9.84 Å². The number of phenols is 1. The molecule has 2 aromatic carbocycles. The summed E-state index contributed by atoms with van der Waals surface area (Å²) in [6, 6.07) is 15.2. The molecule has 0 aliphatic carbocycles. The Balaban J connectivity index is 0.00000312. The first-order valence-corrected chi connectivity index (χ1v) is 8.14. The minimum Gasteiger partial charge on any atom is -0.508 e. The fraction of sp³-hybridized carbons (Fsp3) is 0.316. The molecule has 0 saturated heterocycles. The third kappa shape index (κ3) is 7.64. The second-order valence-electron chi connectivity index (χ2n) is 5.39. The average molecular weight is 455 g/mol. The first-order chi connectivity index (χ1) is 11.7. The summed E-state index contributed by atoms with van der Waals surface area (Å²) in [5.74, 6) is 1.93. The second kappa shape index (κ2) is 11.6. The van der Waals surface area contributed by atoms with E-state index in [0.717, 1.165) is 42.3 Å². The molecule has 0 unspecified atom stereocenters. The van der Waals surface area contributed by atoms with Crippen LogP contribution < -0.4 is 15.4 Å². The maximum absolute atomic E-state index is 9.49. The lowest BCUT2D eigenvalue weighted by molar-refractivity contribution is 0.414. The number of hydrogen-bond acceptors (Lipinski definition) is 3. The molecule has 0 amide bonds. The van der Waals surface area contributed by atoms with Crippen LogP contribution in [0.4, 0.5) is 0 Å². The van der Waals surface area contributed by atoms with Crippen LogP contribution in [0.5, 0.6) is 11.5 Å². The van der Waals surface area contributed by atoms with Gasteiger partial charge < -0.3 is 20.5 Å². The number of benzene rings is 2. The zero-order valence-electron chi connectivity index (χ0n) is 14.7. The minimum absolute atomic E-state index is 0. The molecule has 0 radical (unpaired) electrons. The maximum Gasteiger partial charge on any atom is 0.191 e. The molecule has 6 heteroatoms. The number of nitrogens with zero attached hydrogens (tertiary/aromatic N) is 1. The van der Waals surface area contributed by atoms with Crippen LogP contribution in [0.1, 0.15) is 18.1 Å². The fourth-order valence-corrected chi connectivity index (χ4v) is 2.28. The van der Waals surface area contributed by atoms with E-state index in [1.54, 1.807) is 19.2 Å². The number of hydrogen-bond donors (Lipinski definition) is 3. The highest BCUT2D eigenvalue weighted by Crippen LogP contribution is 2.12. The van der Waals surface area contributed by atoms with Gasteiger partial charge in [0, 0.05) is 13.1 Å². The highest BCUT2D eigenvalue weighted by molar-refractivity contribution is 14.0. The largest absolute Gasteiger partial charge is 0.508 e. The average Bonchev–Trinajstić information content (AvgIpc) is 2.60. The van der Waals surface area contributed by atoms with Crippen molar-refractivity contribution in [1.82, 2.24) is 10.6 Å². The Hall–Kier alpha value is -1.96. The summed E-state index contributed by atoms with van der Waals surface area (Å²) in [6.07, 6.45) is 0.821. The number of aliphatic imine (C=N–C) groups is 1. The number of phenolic OH excluding ortho intramolecular Hbond substituents is 1. The summed E-state index contributed by atoms with van der Waals surface area (Å²) in [7, 11) is 1.66. The van der Waals surface area contributed by atoms with Gasteiger partial charge in [-0.05, 0) is 48.7 Å². The summed E-state index contributed by atoms with van der Waals surface area (Å²) >= 11 is 0. The smallest absolute Gasteiger partial charge is 0.191 e. The predicted molar refractivity (Wildman–Crippen MR) is 113 cm³/mol. The molecule has 0 bridgehead atoms. The number of aromatic hydroxyl groups is 1. The first kappa shape index (κ1) is 21.1. The molecule has 0 heterocycles. The van der Waals surface area contributed by atoms with Gasteiger partial charge in [0.15, 0.2) is 5.96 Å². The van der Waals surface area contributed by atoms with E-state index in [-0.39, 0.29) is 24.0 Å². The predicted octanol–water partition coefficient (Wildman–Crippen LogP) is 3.32. The Bertz CT molecular complexity index is 660. The second-order valence-corrected chi connectivity index (χ2v) is 5.39. The topological polar surface area (TPSA) is 65.9 Å². The molecule has 25 heavy (non-hydrogen) atoms. The Kier molecular flexibility index (Phi) is 9.76. The van der Waals surface area contributed by atoms with Gasteiger partial charge in [-0.3, -0.25) is 0 Å². The molecule has 2 aromatic rings. The number of rotatable bonds is 7. The summed E-state index contributed by atoms with van der Waals surface area (Å²) in [5, 5.41) is 16.0. The van der Waals surface area contributed by atoms with Crippen LogP contribution >= 0.6 is 24.0 Å². The number of methoxy groups -OCH3 is 1. The van der Waals surface area contributed by atoms with Gasteiger partial charge in [-0.25, -0.2) is 4.99 Å². The lowest BCUT2D eigenvalue weighted by Crippen LogP contribution is -2.38. The quantitative estimate of drug-likeness (QED) is 0.341. The van der Waals surface area contributed by atoms with Crippen molar-refractivity contribution in [2.45, 2.75) is 19.9 Å². The van der Waals surface area contributed by atoms with Crippen molar-refractivity contribution in [2.24, 2.45) is 4.99 Å². The zero-order chi connectivity index (χ0) is 17.2. The molecule has 0 aliphatic rings. The van der Waals surface area contributed by atoms with Crippen LogP contribution in [0.3, 0.4) is 0 Å². The molecule has 3 N–H and O–H groups in total. The molecular formula is C19H26IN3O2. The Labute approximate surface area is 166 Å². The lowest BCUT2D eigenvalue weighted by Gasteiger charge is -2.11. The van der Waals surface area contributed by atoms with Gasteiger partial charge in [-0.2, -0.15) is 0 Å². The van der Waals surface area contributed by atoms with Gasteiger partial charge in [-0.1, -0.05) is 24.3 Å². The third-order valence-corrected chi connectivity index (χ3v) is 3.54. The van der Waals surface area contributed by atoms with Crippen LogP contribution in [0, 0.1) is 0 Å². The van der Waals surface area contributed by atoms with Gasteiger partial charge in [0.1, 0.15) is 11.5 Å². The third-order valence-electron chi connectivity index (χ3n) is 3.54. The van der Waals surface area contributed by atoms with E-state index in [4.69, 9.17) is 4.74 Å². The van der Waals surface area contributed by atoms with Crippen molar-refractivity contribution in [1.29, 1.82) is 0 Å². The van der Waals surface area contributed by atoms with Gasteiger partial charge in [0.2, 0.25) is 0 Å². The van der Waals surface area contributed by atoms with E-state index in [1.807, 2.05) is 43.3 Å². The SMILES string of the molecule is CCNC(=NCc1ccc(OC)cc1)NCCc1cccc(O)c1.I. The van der Waals surface area contributed by atoms with E-state index in [1.165, 1.54) is 0 Å². The molecule has 136 valence electrons. The monoisotopic (exact) mass is 455 g/mol. The van der Waals surface area contributed by atoms with Gasteiger partial charge in [0.05, 0.1) is 13.7 Å². The van der Waals surface area contributed by atoms with Crippen molar-refractivity contribution in [3.05, 3.63) is 59.7 Å². The summed E-state index contributed by atoms with van der Waals surface area (Å²) < 4.78 is 5.16. The van der Waals surface area contributed by atoms with E-state index < -0.39 is 0 Å². The summed E-state index contributed by atoms with van der Waals surface area (Å²) in [6.45, 7) is 4.20. The maximum atomic E-state index is 9.49. The molecule has 0 aliphatic heterocycles. The highest BCUT2D eigenvalue weighted by atomic mass is 127. The van der Waals surface area contributed by atoms with Crippen LogP contribution in [0.15, 0.2) is 53.5 Å². The van der Waals surface area contributed by atoms with Crippen molar-refractivity contribution in [3.63, 3.8) is 0 Å². The number of nitrogens with one attached hydrogen (secondary N) is 2. The molecule has 0 saturated carbocycles. The highest BCUT2D eigenvalue weighted by Gasteiger charge is 2.00. The molecule has 0 atom stereocenters. The summed E-state index contributed by atoms with van der Waals surface area (Å²) in [5.41, 5.74) is 2.22. The first-order valence-electron chi connectivity index (χ1n) is 8.14. The molecule has 0 fully saturated rings. The van der Waals surface area contributed by atoms with E-state index in [9.17, 15) is 5.11 Å². The molecule has 0 aromatic heterocycles. The van der Waals surface area contributed by atoms with E-state index in [0.29, 0.717) is 12.3 Å². The standard InChI is InChI=1S/C19H25N3O2.HI/c1-3-20-19(21-12-11-15-5-4-6-17(23)13-15)22-14-16-7-9-18(24-2)10-8-16;/h4-10,13,23H,3,11-12,14H2,1-2H3,(H2,20,21,22);1H. The van der Waals surface area contributed by atoms with Crippen molar-refractivity contribution >= 4 is 29.9 Å². The van der Waals surface area contributed by atoms with Crippen molar-refractivity contribution in [2.75, 3.05) is 20.2 Å². The lowest BCUT2D eigenvalue weighted by atomic mass is 10.1. The van der Waals surface area contributed by atoms with E-state index >= 15 is 0 Å². The number of guanidine groups is 1. The molecule has 0 spiro atoms. The Morgan fingerprint density at radius 2 is 1.84 bits per heavy atom. The van der Waals surface area contributed by atoms with Gasteiger partial charge in [0.25, 0.3) is 0 Å². The van der Waals surface area contributed by atoms with Gasteiger partial charge in [-0.15, -0.1) is 24.0 Å². The van der Waals surface area contributed by atoms with Crippen molar-refractivity contribution in [3.8, 4) is 11.5 Å². The van der Waals surface area contributed by atoms with Gasteiger partial charge >= 0.3 is 0 Å². The number of halogens is 1. The number of ether oxygens (including phenoxy) is 1. The zero-order valence-corrected chi connectivity index (χ0v) is 17.0. The van der Waals surface area contributed by atoms with E-state index in [2.05, 4.69) is 15.6 Å².